The van der Waals surface area contributed by atoms with Crippen LogP contribution < -0.4 is 10.6 Å². The molecule has 0 aliphatic heterocycles. The highest BCUT2D eigenvalue weighted by atomic mass is 19.2. The van der Waals surface area contributed by atoms with Crippen molar-refractivity contribution < 1.29 is 18.0 Å². The third-order valence-corrected chi connectivity index (χ3v) is 3.22. The first-order valence-electron chi connectivity index (χ1n) is 6.48. The van der Waals surface area contributed by atoms with E-state index in [4.69, 9.17) is 0 Å². The summed E-state index contributed by atoms with van der Waals surface area (Å²) >= 11 is 0. The Balaban J connectivity index is 2.03. The molecule has 0 saturated carbocycles. The molecule has 8 heteroatoms. The van der Waals surface area contributed by atoms with E-state index in [1.165, 1.54) is 0 Å². The predicted octanol–water partition coefficient (Wildman–Crippen LogP) is 2.50. The number of aromatic nitrogens is 2. The Bertz CT molecular complexity index is 727. The number of nitrogens with one attached hydrogen (secondary N) is 2. The van der Waals surface area contributed by atoms with Crippen LogP contribution in [0.4, 0.5) is 24.5 Å². The van der Waals surface area contributed by atoms with E-state index in [-0.39, 0.29) is 12.2 Å². The summed E-state index contributed by atoms with van der Waals surface area (Å²) in [5.41, 5.74) is 1.70. The van der Waals surface area contributed by atoms with E-state index >= 15 is 0 Å². The van der Waals surface area contributed by atoms with Gasteiger partial charge >= 0.3 is 0 Å². The van der Waals surface area contributed by atoms with Gasteiger partial charge in [-0.25, -0.2) is 13.2 Å². The highest BCUT2D eigenvalue weighted by Gasteiger charge is 2.14. The van der Waals surface area contributed by atoms with Crippen LogP contribution in [0.15, 0.2) is 12.1 Å². The molecule has 1 amide bonds. The van der Waals surface area contributed by atoms with Gasteiger partial charge in [-0.05, 0) is 13.8 Å². The highest BCUT2D eigenvalue weighted by molar-refractivity contribution is 5.94. The van der Waals surface area contributed by atoms with Crippen molar-refractivity contribution in [3.63, 3.8) is 0 Å². The second kappa shape index (κ2) is 6.08. The molecule has 118 valence electrons. The molecular formula is C14H15F3N4O. The lowest BCUT2D eigenvalue weighted by atomic mass is 10.2. The number of hydrogen-bond donors (Lipinski definition) is 2. The van der Waals surface area contributed by atoms with Gasteiger partial charge in [-0.15, -0.1) is 0 Å². The Labute approximate surface area is 125 Å². The van der Waals surface area contributed by atoms with Crippen LogP contribution in [0.3, 0.4) is 0 Å². The first kappa shape index (κ1) is 15.9. The van der Waals surface area contributed by atoms with Crippen LogP contribution in [0.2, 0.25) is 0 Å². The highest BCUT2D eigenvalue weighted by Crippen LogP contribution is 2.19. The standard InChI is InChI=1S/C14H15F3N4O/c1-7-14(8(2)21(3)20-7)19-13(22)6-18-12-5-10(16)9(15)4-11(12)17/h4-5,18H,6H2,1-3H3,(H,19,22). The maximum atomic E-state index is 13.4. The molecule has 0 aliphatic carbocycles. The normalized spacial score (nSPS) is 10.6. The lowest BCUT2D eigenvalue weighted by Gasteiger charge is -2.09. The summed E-state index contributed by atoms with van der Waals surface area (Å²) in [5, 5.41) is 9.21. The quantitative estimate of drug-likeness (QED) is 0.853. The fourth-order valence-corrected chi connectivity index (χ4v) is 1.97. The van der Waals surface area contributed by atoms with Crippen LogP contribution in [-0.4, -0.2) is 22.2 Å². The van der Waals surface area contributed by atoms with Crippen LogP contribution in [0.1, 0.15) is 11.4 Å². The number of halogens is 3. The van der Waals surface area contributed by atoms with Gasteiger partial charge in [0, 0.05) is 19.2 Å². The van der Waals surface area contributed by atoms with Gasteiger partial charge in [-0.2, -0.15) is 5.10 Å². The van der Waals surface area contributed by atoms with E-state index in [0.29, 0.717) is 23.5 Å². The SMILES string of the molecule is Cc1nn(C)c(C)c1NC(=O)CNc1cc(F)c(F)cc1F. The summed E-state index contributed by atoms with van der Waals surface area (Å²) in [4.78, 5) is 11.9. The summed E-state index contributed by atoms with van der Waals surface area (Å²) in [6, 6.07) is 1.09. The van der Waals surface area contributed by atoms with Crippen LogP contribution in [0.5, 0.6) is 0 Å². The molecule has 1 aromatic heterocycles. The van der Waals surface area contributed by atoms with Crippen molar-refractivity contribution in [2.24, 2.45) is 7.05 Å². The Morgan fingerprint density at radius 3 is 2.41 bits per heavy atom. The van der Waals surface area contributed by atoms with Crippen molar-refractivity contribution in [3.8, 4) is 0 Å². The third-order valence-electron chi connectivity index (χ3n) is 3.22. The minimum atomic E-state index is -1.28. The smallest absolute Gasteiger partial charge is 0.243 e. The average Bonchev–Trinajstić information content (AvgIpc) is 2.68. The number of nitrogens with zero attached hydrogens (tertiary/aromatic N) is 2. The number of anilines is 2. The molecule has 1 aromatic carbocycles. The van der Waals surface area contributed by atoms with Crippen LogP contribution >= 0.6 is 0 Å². The number of carbonyl (C=O) groups excluding carboxylic acids is 1. The van der Waals surface area contributed by atoms with Crippen LogP contribution in [0, 0.1) is 31.3 Å². The zero-order valence-electron chi connectivity index (χ0n) is 12.3. The molecule has 0 atom stereocenters. The first-order valence-corrected chi connectivity index (χ1v) is 6.48. The maximum absolute atomic E-state index is 13.4. The zero-order chi connectivity index (χ0) is 16.4. The van der Waals surface area contributed by atoms with Gasteiger partial charge in [0.1, 0.15) is 5.82 Å². The summed E-state index contributed by atoms with van der Waals surface area (Å²) in [5.74, 6) is -3.90. The van der Waals surface area contributed by atoms with Crippen molar-refractivity contribution in [2.75, 3.05) is 17.2 Å². The van der Waals surface area contributed by atoms with E-state index in [1.54, 1.807) is 25.6 Å². The molecule has 2 aromatic rings. The van der Waals surface area contributed by atoms with Crippen molar-refractivity contribution in [1.29, 1.82) is 0 Å². The second-order valence-corrected chi connectivity index (χ2v) is 4.82. The molecule has 2 rings (SSSR count). The Morgan fingerprint density at radius 1 is 1.18 bits per heavy atom. The summed E-state index contributed by atoms with van der Waals surface area (Å²) in [6.07, 6.45) is 0. The molecule has 0 bridgehead atoms. The Hall–Kier alpha value is -2.51. The van der Waals surface area contributed by atoms with E-state index in [1.807, 2.05) is 0 Å². The molecule has 0 fully saturated rings. The van der Waals surface area contributed by atoms with Gasteiger partial charge in [0.2, 0.25) is 5.91 Å². The average molecular weight is 312 g/mol. The third kappa shape index (κ3) is 3.21. The van der Waals surface area contributed by atoms with E-state index in [0.717, 1.165) is 5.69 Å². The lowest BCUT2D eigenvalue weighted by Crippen LogP contribution is -2.23. The minimum absolute atomic E-state index is 0.284. The molecule has 0 spiro atoms. The molecule has 0 saturated heterocycles. The minimum Gasteiger partial charge on any atom is -0.374 e. The van der Waals surface area contributed by atoms with E-state index in [9.17, 15) is 18.0 Å². The van der Waals surface area contributed by atoms with Gasteiger partial charge in [0.15, 0.2) is 11.6 Å². The van der Waals surface area contributed by atoms with Gasteiger partial charge < -0.3 is 10.6 Å². The molecule has 5 nitrogen and oxygen atoms in total. The van der Waals surface area contributed by atoms with Crippen LogP contribution in [0.25, 0.3) is 0 Å². The monoisotopic (exact) mass is 312 g/mol. The molecular weight excluding hydrogens is 297 g/mol. The maximum Gasteiger partial charge on any atom is 0.243 e. The fraction of sp³-hybridized carbons (Fsp3) is 0.286. The number of amides is 1. The molecule has 0 radical (unpaired) electrons. The van der Waals surface area contributed by atoms with Crippen LogP contribution in [-0.2, 0) is 11.8 Å². The molecule has 0 aliphatic rings. The molecule has 22 heavy (non-hydrogen) atoms. The van der Waals surface area contributed by atoms with Gasteiger partial charge in [0.05, 0.1) is 29.3 Å². The number of aryl methyl sites for hydroxylation is 2. The topological polar surface area (TPSA) is 59.0 Å². The number of carbonyl (C=O) groups is 1. The lowest BCUT2D eigenvalue weighted by molar-refractivity contribution is -0.114. The Kier molecular flexibility index (Phi) is 4.39. The van der Waals surface area contributed by atoms with Crippen molar-refractivity contribution in [1.82, 2.24) is 9.78 Å². The predicted molar refractivity (Wildman–Crippen MR) is 76.1 cm³/mol. The van der Waals surface area contributed by atoms with E-state index < -0.39 is 23.4 Å². The zero-order valence-corrected chi connectivity index (χ0v) is 12.3. The summed E-state index contributed by atoms with van der Waals surface area (Å²) < 4.78 is 40.9. The number of rotatable bonds is 4. The summed E-state index contributed by atoms with van der Waals surface area (Å²) in [6.45, 7) is 3.24. The molecule has 0 unspecified atom stereocenters. The second-order valence-electron chi connectivity index (χ2n) is 4.82. The molecule has 1 heterocycles. The van der Waals surface area contributed by atoms with Crippen molar-refractivity contribution in [3.05, 3.63) is 41.0 Å². The number of benzene rings is 1. The summed E-state index contributed by atoms with van der Waals surface area (Å²) in [7, 11) is 1.74. The fourth-order valence-electron chi connectivity index (χ4n) is 1.97. The largest absolute Gasteiger partial charge is 0.374 e. The van der Waals surface area contributed by atoms with E-state index in [2.05, 4.69) is 15.7 Å². The van der Waals surface area contributed by atoms with Crippen molar-refractivity contribution in [2.45, 2.75) is 13.8 Å². The van der Waals surface area contributed by atoms with Crippen molar-refractivity contribution >= 4 is 17.3 Å². The van der Waals surface area contributed by atoms with Gasteiger partial charge in [0.25, 0.3) is 0 Å². The van der Waals surface area contributed by atoms with Gasteiger partial charge in [-0.3, -0.25) is 9.48 Å². The Morgan fingerprint density at radius 2 is 1.82 bits per heavy atom. The molecule has 2 N–H and O–H groups in total. The van der Waals surface area contributed by atoms with Gasteiger partial charge in [-0.1, -0.05) is 0 Å². The first-order chi connectivity index (χ1) is 10.3. The number of hydrogen-bond acceptors (Lipinski definition) is 3.